The Bertz CT molecular complexity index is 506. The second-order valence-corrected chi connectivity index (χ2v) is 12.7. The molecule has 0 heterocycles. The molecule has 0 spiro atoms. The highest BCUT2D eigenvalue weighted by Gasteiger charge is 2.25. The van der Waals surface area contributed by atoms with E-state index in [2.05, 4.69) is 45.0 Å². The number of rotatable bonds is 10. The Labute approximate surface area is 217 Å². The van der Waals surface area contributed by atoms with Crippen LogP contribution in [0, 0.1) is 0 Å². The summed E-state index contributed by atoms with van der Waals surface area (Å²) in [6.45, 7) is 15.1. The molecule has 0 rings (SSSR count). The molecule has 0 aliphatic rings. The molecule has 0 nitrogen and oxygen atoms in total. The van der Waals surface area contributed by atoms with Gasteiger partial charge in [-0.25, -0.2) is 0 Å². The van der Waals surface area contributed by atoms with Gasteiger partial charge in [0.15, 0.2) is 0 Å². The van der Waals surface area contributed by atoms with E-state index >= 15 is 0 Å². The van der Waals surface area contributed by atoms with Gasteiger partial charge in [0.25, 0.3) is 0 Å². The fraction of sp³-hybridized carbons (Fsp3) is 0.600. The van der Waals surface area contributed by atoms with Crippen LogP contribution in [-0.2, 0) is 0 Å². The first-order valence-electron chi connectivity index (χ1n) is 8.51. The number of hydrogen-bond donors (Lipinski definition) is 0. The maximum atomic E-state index is 6.14. The predicted molar refractivity (Wildman–Crippen MR) is 142 cm³/mol. The van der Waals surface area contributed by atoms with Crippen LogP contribution in [0.2, 0.25) is 0 Å². The van der Waals surface area contributed by atoms with Crippen molar-refractivity contribution >= 4 is 101 Å². The van der Waals surface area contributed by atoms with Crippen molar-refractivity contribution in [2.75, 3.05) is 0 Å². The Hall–Kier alpha value is 1.66. The van der Waals surface area contributed by atoms with Crippen LogP contribution in [0.15, 0.2) is 45.4 Å². The van der Waals surface area contributed by atoms with Crippen LogP contribution in [0.1, 0.15) is 53.4 Å². The molecule has 0 aromatic rings. The van der Waals surface area contributed by atoms with Crippen LogP contribution < -0.4 is 0 Å². The molecule has 0 fully saturated rings. The van der Waals surface area contributed by atoms with Crippen molar-refractivity contribution in [3.63, 3.8) is 0 Å². The van der Waals surface area contributed by atoms with E-state index in [1.807, 2.05) is 27.7 Å². The van der Waals surface area contributed by atoms with Gasteiger partial charge in [-0.15, -0.1) is 23.2 Å². The molecule has 28 heavy (non-hydrogen) atoms. The normalized spacial score (nSPS) is 15.4. The van der Waals surface area contributed by atoms with E-state index in [-0.39, 0.29) is 19.4 Å². The minimum Gasteiger partial charge on any atom is -0.119 e. The van der Waals surface area contributed by atoms with Crippen LogP contribution in [0.5, 0.6) is 0 Å². The topological polar surface area (TPSA) is 0 Å². The van der Waals surface area contributed by atoms with Crippen LogP contribution in [-0.4, -0.2) is 19.4 Å². The third-order valence-corrected chi connectivity index (χ3v) is 9.06. The summed E-state index contributed by atoms with van der Waals surface area (Å²) in [4.78, 5) is -0.102. The second-order valence-electron chi connectivity index (χ2n) is 7.22. The van der Waals surface area contributed by atoms with Gasteiger partial charge in [0.1, 0.15) is 0 Å². The van der Waals surface area contributed by atoms with Crippen molar-refractivity contribution < 1.29 is 0 Å². The van der Waals surface area contributed by atoms with Crippen molar-refractivity contribution in [3.05, 3.63) is 45.4 Å². The fourth-order valence-electron chi connectivity index (χ4n) is 1.75. The van der Waals surface area contributed by atoms with Crippen LogP contribution in [0.3, 0.4) is 0 Å². The molecule has 164 valence electrons. The van der Waals surface area contributed by atoms with E-state index in [9.17, 15) is 0 Å². The number of allylic oxidation sites excluding steroid dienone is 4. The largest absolute Gasteiger partial charge is 0.119 e. The highest BCUT2D eigenvalue weighted by atomic mass is 79.9. The zero-order valence-electron chi connectivity index (χ0n) is 16.6. The van der Waals surface area contributed by atoms with E-state index in [0.717, 1.165) is 36.8 Å². The van der Waals surface area contributed by atoms with Gasteiger partial charge in [-0.2, -0.15) is 0 Å². The van der Waals surface area contributed by atoms with Crippen LogP contribution in [0.25, 0.3) is 0 Å². The van der Waals surface area contributed by atoms with Crippen molar-refractivity contribution in [2.24, 2.45) is 0 Å². The first-order valence-corrected chi connectivity index (χ1v) is 12.7. The fourth-order valence-corrected chi connectivity index (χ4v) is 3.32. The Balaban J connectivity index is 0. The Morgan fingerprint density at radius 2 is 1.04 bits per heavy atom. The van der Waals surface area contributed by atoms with Crippen molar-refractivity contribution in [1.29, 1.82) is 0 Å². The quantitative estimate of drug-likeness (QED) is 0.165. The molecule has 2 atom stereocenters. The highest BCUT2D eigenvalue weighted by molar-refractivity contribution is 9.09. The van der Waals surface area contributed by atoms with Gasteiger partial charge >= 0.3 is 0 Å². The van der Waals surface area contributed by atoms with E-state index in [1.54, 1.807) is 0 Å². The summed E-state index contributed by atoms with van der Waals surface area (Å²) in [5.41, 5.74) is 4.66. The minimum atomic E-state index is -0.273. The van der Waals surface area contributed by atoms with Crippen molar-refractivity contribution in [2.45, 2.75) is 72.8 Å². The van der Waals surface area contributed by atoms with E-state index in [0.29, 0.717) is 10.1 Å². The van der Waals surface area contributed by atoms with Crippen LogP contribution >= 0.6 is 101 Å². The summed E-state index contributed by atoms with van der Waals surface area (Å²) in [7, 11) is 0. The minimum absolute atomic E-state index is 0.222. The van der Waals surface area contributed by atoms with E-state index in [1.165, 1.54) is 11.1 Å². The standard InChI is InChI=1S/2C10H14BrCl3/c2*1-7(13)8(6-12)4-5-9(11)10(2,3)14/h2*6,9H,1,4-5H2,2-3H3/b2*8-6-. The summed E-state index contributed by atoms with van der Waals surface area (Å²) < 4.78 is 0. The number of hydrogen-bond acceptors (Lipinski definition) is 0. The molecular formula is C20H28Br2Cl6. The van der Waals surface area contributed by atoms with Gasteiger partial charge in [0.2, 0.25) is 0 Å². The summed E-state index contributed by atoms with van der Waals surface area (Å²) >= 11 is 42.0. The van der Waals surface area contributed by atoms with Crippen LogP contribution in [0.4, 0.5) is 0 Å². The van der Waals surface area contributed by atoms with Gasteiger partial charge in [-0.3, -0.25) is 0 Å². The molecule has 0 N–H and O–H groups in total. The molecule has 8 heteroatoms. The third kappa shape index (κ3) is 15.5. The molecule has 0 saturated heterocycles. The summed E-state index contributed by atoms with van der Waals surface area (Å²) in [6.07, 6.45) is 3.30. The lowest BCUT2D eigenvalue weighted by atomic mass is 10.0. The molecule has 0 radical (unpaired) electrons. The SMILES string of the molecule is C=C(Cl)/C(=C\Cl)CCC(Br)C(C)(C)Cl.C=C(Cl)/C(=C\Cl)CCC(Br)C(C)(C)Cl. The lowest BCUT2D eigenvalue weighted by Gasteiger charge is -2.23. The molecule has 0 bridgehead atoms. The van der Waals surface area contributed by atoms with Crippen molar-refractivity contribution in [3.8, 4) is 0 Å². The first kappa shape index (κ1) is 31.8. The van der Waals surface area contributed by atoms with Gasteiger partial charge < -0.3 is 0 Å². The second kappa shape index (κ2) is 15.5. The van der Waals surface area contributed by atoms with Crippen molar-refractivity contribution in [1.82, 2.24) is 0 Å². The Morgan fingerprint density at radius 1 is 0.786 bits per heavy atom. The zero-order valence-corrected chi connectivity index (χ0v) is 24.3. The number of halogens is 8. The van der Waals surface area contributed by atoms with Gasteiger partial charge in [0.05, 0.1) is 9.75 Å². The van der Waals surface area contributed by atoms with E-state index < -0.39 is 0 Å². The third-order valence-electron chi connectivity index (χ3n) is 3.78. The molecular weight excluding hydrogens is 613 g/mol. The number of alkyl halides is 4. The van der Waals surface area contributed by atoms with Gasteiger partial charge in [-0.1, -0.05) is 91.4 Å². The lowest BCUT2D eigenvalue weighted by molar-refractivity contribution is 0.618. The molecule has 0 saturated carbocycles. The average molecular weight is 641 g/mol. The maximum Gasteiger partial charge on any atom is 0.0515 e. The first-order chi connectivity index (χ1) is 12.6. The van der Waals surface area contributed by atoms with E-state index in [4.69, 9.17) is 69.6 Å². The Morgan fingerprint density at radius 3 is 1.18 bits per heavy atom. The lowest BCUT2D eigenvalue weighted by Crippen LogP contribution is -2.24. The molecule has 0 aromatic heterocycles. The monoisotopic (exact) mass is 636 g/mol. The smallest absolute Gasteiger partial charge is 0.0515 e. The zero-order chi connectivity index (χ0) is 22.7. The van der Waals surface area contributed by atoms with Gasteiger partial charge in [-0.05, 0) is 64.5 Å². The average Bonchev–Trinajstić information content (AvgIpc) is 2.53. The molecule has 0 aliphatic heterocycles. The summed E-state index contributed by atoms with van der Waals surface area (Å²) in [5, 5.41) is 0.985. The molecule has 2 unspecified atom stereocenters. The molecule has 0 aromatic carbocycles. The maximum absolute atomic E-state index is 6.14. The Kier molecular flexibility index (Phi) is 17.6. The molecule has 0 amide bonds. The molecule has 0 aliphatic carbocycles. The summed E-state index contributed by atoms with van der Waals surface area (Å²) in [5.74, 6) is 0. The van der Waals surface area contributed by atoms with Gasteiger partial charge in [0, 0.05) is 30.8 Å². The summed E-state index contributed by atoms with van der Waals surface area (Å²) in [6, 6.07) is 0. The highest BCUT2D eigenvalue weighted by Crippen LogP contribution is 2.32. The predicted octanol–water partition coefficient (Wildman–Crippen LogP) is 10.8.